The highest BCUT2D eigenvalue weighted by Gasteiger charge is 2.21. The molecule has 1 heterocycles. The van der Waals surface area contributed by atoms with Crippen LogP contribution in [0.3, 0.4) is 0 Å². The van der Waals surface area contributed by atoms with Gasteiger partial charge in [-0.1, -0.05) is 16.8 Å². The minimum Gasteiger partial charge on any atom is -0.294 e. The van der Waals surface area contributed by atoms with E-state index in [1.807, 2.05) is 0 Å². The van der Waals surface area contributed by atoms with E-state index < -0.39 is 0 Å². The number of carbonyl (C=O) groups excluding carboxylic acids is 1. The zero-order valence-corrected chi connectivity index (χ0v) is 9.06. The summed E-state index contributed by atoms with van der Waals surface area (Å²) in [5.41, 5.74) is 1.28. The smallest absolute Gasteiger partial charge is 0.294 e. The van der Waals surface area contributed by atoms with Crippen LogP contribution in [0.4, 0.5) is 16.2 Å². The quantitative estimate of drug-likeness (QED) is 0.669. The highest BCUT2D eigenvalue weighted by molar-refractivity contribution is 6.31. The van der Waals surface area contributed by atoms with Gasteiger partial charge in [0.15, 0.2) is 0 Å². The van der Waals surface area contributed by atoms with Crippen molar-refractivity contribution in [3.8, 4) is 0 Å². The van der Waals surface area contributed by atoms with Gasteiger partial charge in [0.2, 0.25) is 0 Å². The number of halogens is 1. The molecule has 2 rings (SSSR count). The summed E-state index contributed by atoms with van der Waals surface area (Å²) < 4.78 is 0. The number of benzene rings is 1. The van der Waals surface area contributed by atoms with Crippen molar-refractivity contribution in [1.29, 1.82) is 0 Å². The number of amides is 2. The average molecular weight is 225 g/mol. The third-order valence-electron chi connectivity index (χ3n) is 2.15. The van der Waals surface area contributed by atoms with E-state index >= 15 is 0 Å². The molecule has 0 bridgehead atoms. The molecule has 5 nitrogen and oxygen atoms in total. The largest absolute Gasteiger partial charge is 0.345 e. The minimum atomic E-state index is -0.250. The molecule has 0 atom stereocenters. The average Bonchev–Trinajstić information content (AvgIpc) is 2.32. The molecule has 0 spiro atoms. The number of rotatable bonds is 0. The lowest BCUT2D eigenvalue weighted by atomic mass is 10.2. The van der Waals surface area contributed by atoms with Crippen LogP contribution in [0.15, 0.2) is 28.5 Å². The predicted octanol–water partition coefficient (Wildman–Crippen LogP) is 2.84. The van der Waals surface area contributed by atoms with Gasteiger partial charge in [-0.15, -0.1) is 5.11 Å². The van der Waals surface area contributed by atoms with Crippen LogP contribution in [0, 0.1) is 0 Å². The summed E-state index contributed by atoms with van der Waals surface area (Å²) in [5.74, 6) is 0. The number of anilines is 1. The SMILES string of the molecule is CN1N=Nc2ccc(Cl)cc2N(C)C1=O. The van der Waals surface area contributed by atoms with Gasteiger partial charge in [-0.25, -0.2) is 4.79 Å². The topological polar surface area (TPSA) is 48.3 Å². The minimum absolute atomic E-state index is 0.250. The van der Waals surface area contributed by atoms with Gasteiger partial charge in [0, 0.05) is 19.1 Å². The Bertz CT molecular complexity index is 446. The molecule has 1 aliphatic rings. The molecule has 1 aromatic rings. The molecular formula is C9H9ClN4O. The van der Waals surface area contributed by atoms with E-state index in [1.165, 1.54) is 9.91 Å². The van der Waals surface area contributed by atoms with Crippen molar-refractivity contribution in [3.05, 3.63) is 23.2 Å². The third-order valence-corrected chi connectivity index (χ3v) is 2.38. The number of fused-ring (bicyclic) bond motifs is 1. The number of hydrogen-bond acceptors (Lipinski definition) is 3. The molecule has 0 radical (unpaired) electrons. The third kappa shape index (κ3) is 1.66. The maximum Gasteiger partial charge on any atom is 0.345 e. The molecular weight excluding hydrogens is 216 g/mol. The molecule has 0 unspecified atom stereocenters. The van der Waals surface area contributed by atoms with Crippen LogP contribution in [-0.4, -0.2) is 25.1 Å². The van der Waals surface area contributed by atoms with Gasteiger partial charge in [-0.2, -0.15) is 5.01 Å². The Morgan fingerprint density at radius 2 is 2.07 bits per heavy atom. The monoisotopic (exact) mass is 224 g/mol. The summed E-state index contributed by atoms with van der Waals surface area (Å²) >= 11 is 5.86. The molecule has 0 aliphatic carbocycles. The molecule has 0 aromatic heterocycles. The second kappa shape index (κ2) is 3.51. The molecule has 6 heteroatoms. The summed E-state index contributed by atoms with van der Waals surface area (Å²) in [6.45, 7) is 0. The first kappa shape index (κ1) is 9.92. The molecule has 1 aromatic carbocycles. The molecule has 15 heavy (non-hydrogen) atoms. The van der Waals surface area contributed by atoms with Crippen LogP contribution >= 0.6 is 11.6 Å². The first-order valence-electron chi connectivity index (χ1n) is 4.32. The summed E-state index contributed by atoms with van der Waals surface area (Å²) in [4.78, 5) is 13.1. The van der Waals surface area contributed by atoms with E-state index in [0.29, 0.717) is 16.4 Å². The first-order valence-corrected chi connectivity index (χ1v) is 4.70. The molecule has 0 saturated carbocycles. The van der Waals surface area contributed by atoms with Crippen LogP contribution in [0.1, 0.15) is 0 Å². The Hall–Kier alpha value is -1.62. The van der Waals surface area contributed by atoms with Gasteiger partial charge < -0.3 is 0 Å². The molecule has 2 amide bonds. The van der Waals surface area contributed by atoms with Gasteiger partial charge in [-0.3, -0.25) is 4.90 Å². The van der Waals surface area contributed by atoms with E-state index in [9.17, 15) is 4.79 Å². The van der Waals surface area contributed by atoms with E-state index in [-0.39, 0.29) is 6.03 Å². The van der Waals surface area contributed by atoms with Gasteiger partial charge in [0.1, 0.15) is 5.69 Å². The molecule has 0 N–H and O–H groups in total. The van der Waals surface area contributed by atoms with Crippen molar-refractivity contribution in [3.63, 3.8) is 0 Å². The van der Waals surface area contributed by atoms with Crippen molar-refractivity contribution in [1.82, 2.24) is 5.01 Å². The van der Waals surface area contributed by atoms with Crippen LogP contribution in [-0.2, 0) is 0 Å². The predicted molar refractivity (Wildman–Crippen MR) is 57.5 cm³/mol. The fourth-order valence-electron chi connectivity index (χ4n) is 1.32. The second-order valence-corrected chi connectivity index (χ2v) is 3.62. The standard InChI is InChI=1S/C9H9ClN4O/c1-13-8-5-6(10)3-4-7(8)11-12-14(2)9(13)15/h3-5H,1-2H3. The van der Waals surface area contributed by atoms with Gasteiger partial charge in [0.25, 0.3) is 0 Å². The lowest BCUT2D eigenvalue weighted by molar-refractivity contribution is 0.216. The second-order valence-electron chi connectivity index (χ2n) is 3.19. The molecule has 0 saturated heterocycles. The van der Waals surface area contributed by atoms with E-state index in [2.05, 4.69) is 10.3 Å². The summed E-state index contributed by atoms with van der Waals surface area (Å²) in [6.07, 6.45) is 0. The van der Waals surface area contributed by atoms with Crippen molar-refractivity contribution in [2.24, 2.45) is 10.3 Å². The zero-order valence-electron chi connectivity index (χ0n) is 8.31. The highest BCUT2D eigenvalue weighted by Crippen LogP contribution is 2.33. The number of hydrogen-bond donors (Lipinski definition) is 0. The van der Waals surface area contributed by atoms with E-state index in [0.717, 1.165) is 0 Å². The number of carbonyl (C=O) groups is 1. The first-order chi connectivity index (χ1) is 7.09. The Balaban J connectivity index is 2.57. The van der Waals surface area contributed by atoms with Crippen molar-refractivity contribution < 1.29 is 4.79 Å². The Labute approximate surface area is 91.9 Å². The van der Waals surface area contributed by atoms with Crippen LogP contribution in [0.25, 0.3) is 0 Å². The number of urea groups is 1. The number of nitrogens with zero attached hydrogens (tertiary/aromatic N) is 4. The Morgan fingerprint density at radius 3 is 2.80 bits per heavy atom. The maximum atomic E-state index is 11.7. The Kier molecular flexibility index (Phi) is 2.32. The van der Waals surface area contributed by atoms with Crippen molar-refractivity contribution in [2.45, 2.75) is 0 Å². The van der Waals surface area contributed by atoms with Crippen molar-refractivity contribution in [2.75, 3.05) is 19.0 Å². The summed E-state index contributed by atoms with van der Waals surface area (Å²) in [5, 5.41) is 9.43. The van der Waals surface area contributed by atoms with Crippen LogP contribution < -0.4 is 4.90 Å². The van der Waals surface area contributed by atoms with Gasteiger partial charge in [0.05, 0.1) is 5.69 Å². The highest BCUT2D eigenvalue weighted by atomic mass is 35.5. The molecule has 1 aliphatic heterocycles. The zero-order chi connectivity index (χ0) is 11.0. The van der Waals surface area contributed by atoms with Crippen molar-refractivity contribution >= 4 is 29.0 Å². The normalized spacial score (nSPS) is 15.3. The van der Waals surface area contributed by atoms with Gasteiger partial charge >= 0.3 is 6.03 Å². The molecule has 78 valence electrons. The fourth-order valence-corrected chi connectivity index (χ4v) is 1.49. The van der Waals surface area contributed by atoms with E-state index in [4.69, 9.17) is 11.6 Å². The lowest BCUT2D eigenvalue weighted by Crippen LogP contribution is -2.34. The summed E-state index contributed by atoms with van der Waals surface area (Å²) in [7, 11) is 3.21. The summed E-state index contributed by atoms with van der Waals surface area (Å²) in [6, 6.07) is 4.87. The van der Waals surface area contributed by atoms with Gasteiger partial charge in [-0.05, 0) is 18.2 Å². The van der Waals surface area contributed by atoms with Crippen LogP contribution in [0.5, 0.6) is 0 Å². The van der Waals surface area contributed by atoms with E-state index in [1.54, 1.807) is 32.3 Å². The molecule has 0 fully saturated rings. The Morgan fingerprint density at radius 1 is 1.33 bits per heavy atom. The fraction of sp³-hybridized carbons (Fsp3) is 0.222. The lowest BCUT2D eigenvalue weighted by Gasteiger charge is -2.18. The van der Waals surface area contributed by atoms with Crippen LogP contribution in [0.2, 0.25) is 5.02 Å². The maximum absolute atomic E-state index is 11.7.